The van der Waals surface area contributed by atoms with E-state index in [1.165, 1.54) is 6.07 Å². The summed E-state index contributed by atoms with van der Waals surface area (Å²) >= 11 is 1.60. The van der Waals surface area contributed by atoms with E-state index in [2.05, 4.69) is 0 Å². The third-order valence-corrected chi connectivity index (χ3v) is 5.92. The minimum atomic E-state index is -4.40. The van der Waals surface area contributed by atoms with Crippen LogP contribution in [0.15, 0.2) is 71.1 Å². The zero-order valence-electron chi connectivity index (χ0n) is 14.6. The molecule has 1 aromatic heterocycles. The van der Waals surface area contributed by atoms with Gasteiger partial charge in [0.05, 0.1) is 22.2 Å². The molecule has 0 aliphatic carbocycles. The number of fused-ring (bicyclic) bond motifs is 3. The van der Waals surface area contributed by atoms with Crippen molar-refractivity contribution in [2.24, 2.45) is 5.10 Å². The fourth-order valence-corrected chi connectivity index (χ4v) is 4.44. The van der Waals surface area contributed by atoms with Gasteiger partial charge in [0.15, 0.2) is 0 Å². The largest absolute Gasteiger partial charge is 0.464 e. The van der Waals surface area contributed by atoms with E-state index in [9.17, 15) is 13.2 Å². The van der Waals surface area contributed by atoms with E-state index in [4.69, 9.17) is 9.84 Å². The van der Waals surface area contributed by atoms with E-state index < -0.39 is 18.0 Å². The van der Waals surface area contributed by atoms with Crippen LogP contribution in [0.2, 0.25) is 0 Å². The van der Waals surface area contributed by atoms with Crippen LogP contribution in [0.3, 0.4) is 0 Å². The number of ether oxygens (including phenoxy) is 1. The average molecular weight is 400 g/mol. The summed E-state index contributed by atoms with van der Waals surface area (Å²) in [6, 6.07) is 16.8. The first-order valence-corrected chi connectivity index (χ1v) is 9.71. The summed E-state index contributed by atoms with van der Waals surface area (Å²) in [5.41, 5.74) is 1.68. The van der Waals surface area contributed by atoms with Gasteiger partial charge in [0.1, 0.15) is 5.75 Å². The molecule has 3 heterocycles. The quantitative estimate of drug-likeness (QED) is 0.526. The van der Waals surface area contributed by atoms with Gasteiger partial charge in [-0.1, -0.05) is 36.4 Å². The van der Waals surface area contributed by atoms with Gasteiger partial charge in [0.25, 0.3) is 0 Å². The highest BCUT2D eigenvalue weighted by Crippen LogP contribution is 2.48. The zero-order chi connectivity index (χ0) is 19.3. The second-order valence-electron chi connectivity index (χ2n) is 6.76. The van der Waals surface area contributed by atoms with Crippen molar-refractivity contribution in [1.82, 2.24) is 5.01 Å². The standard InChI is InChI=1S/C21H15F3N2OS/c22-21(23,24)14-6-3-5-13(11-14)20-26-17(15-7-1-2-8-18(15)27-20)12-16(25-26)19-9-4-10-28-19/h1-11,17,20H,12H2/t17-,20-/m1/s1. The van der Waals surface area contributed by atoms with Crippen molar-refractivity contribution in [2.45, 2.75) is 24.9 Å². The molecule has 7 heteroatoms. The van der Waals surface area contributed by atoms with Crippen molar-refractivity contribution in [2.75, 3.05) is 0 Å². The maximum atomic E-state index is 13.2. The summed E-state index contributed by atoms with van der Waals surface area (Å²) in [5, 5.41) is 8.54. The topological polar surface area (TPSA) is 24.8 Å². The SMILES string of the molecule is FC(F)(F)c1cccc([C@H]2Oc3ccccc3[C@H]3CC(c4cccs4)=NN32)c1. The third-order valence-electron chi connectivity index (χ3n) is 5.00. The lowest BCUT2D eigenvalue weighted by atomic mass is 9.97. The Kier molecular flexibility index (Phi) is 3.94. The first-order chi connectivity index (χ1) is 13.5. The van der Waals surface area contributed by atoms with Gasteiger partial charge in [-0.15, -0.1) is 11.3 Å². The van der Waals surface area contributed by atoms with Crippen LogP contribution in [-0.4, -0.2) is 10.7 Å². The molecule has 0 N–H and O–H groups in total. The fourth-order valence-electron chi connectivity index (χ4n) is 3.71. The van der Waals surface area contributed by atoms with Gasteiger partial charge in [-0.05, 0) is 29.6 Å². The first kappa shape index (κ1) is 17.3. The van der Waals surface area contributed by atoms with Gasteiger partial charge in [-0.2, -0.15) is 18.3 Å². The van der Waals surface area contributed by atoms with Gasteiger partial charge in [0.2, 0.25) is 6.23 Å². The highest BCUT2D eigenvalue weighted by molar-refractivity contribution is 7.12. The molecule has 2 aliphatic rings. The molecular weight excluding hydrogens is 385 g/mol. The van der Waals surface area contributed by atoms with Gasteiger partial charge in [-0.3, -0.25) is 0 Å². The number of benzene rings is 2. The maximum absolute atomic E-state index is 13.2. The van der Waals surface area contributed by atoms with E-state index >= 15 is 0 Å². The fraction of sp³-hybridized carbons (Fsp3) is 0.190. The van der Waals surface area contributed by atoms with Crippen molar-refractivity contribution < 1.29 is 17.9 Å². The Morgan fingerprint density at radius 3 is 2.68 bits per heavy atom. The highest BCUT2D eigenvalue weighted by Gasteiger charge is 2.41. The molecule has 0 saturated carbocycles. The predicted octanol–water partition coefficient (Wildman–Crippen LogP) is 6.01. The van der Waals surface area contributed by atoms with Crippen molar-refractivity contribution >= 4 is 17.0 Å². The second kappa shape index (κ2) is 6.38. The molecule has 2 atom stereocenters. The van der Waals surface area contributed by atoms with Crippen LogP contribution in [0, 0.1) is 0 Å². The molecule has 28 heavy (non-hydrogen) atoms. The van der Waals surface area contributed by atoms with Crippen LogP contribution in [-0.2, 0) is 6.18 Å². The Morgan fingerprint density at radius 1 is 1.04 bits per heavy atom. The number of hydrogen-bond donors (Lipinski definition) is 0. The molecule has 0 spiro atoms. The van der Waals surface area contributed by atoms with E-state index in [1.54, 1.807) is 22.4 Å². The Hall–Kier alpha value is -2.80. The average Bonchev–Trinajstić information content (AvgIpc) is 3.36. The van der Waals surface area contributed by atoms with Gasteiger partial charge in [0, 0.05) is 17.5 Å². The van der Waals surface area contributed by atoms with Crippen LogP contribution in [0.1, 0.15) is 40.3 Å². The summed E-state index contributed by atoms with van der Waals surface area (Å²) < 4.78 is 45.7. The second-order valence-corrected chi connectivity index (χ2v) is 7.70. The Bertz CT molecular complexity index is 1050. The van der Waals surface area contributed by atoms with Crippen LogP contribution >= 0.6 is 11.3 Å². The predicted molar refractivity (Wildman–Crippen MR) is 101 cm³/mol. The molecule has 0 bridgehead atoms. The summed E-state index contributed by atoms with van der Waals surface area (Å²) in [6.07, 6.45) is -4.42. The number of thiophene rings is 1. The van der Waals surface area contributed by atoms with Crippen LogP contribution in [0.4, 0.5) is 13.2 Å². The normalized spacial score (nSPS) is 21.0. The number of rotatable bonds is 2. The minimum absolute atomic E-state index is 0.0680. The van der Waals surface area contributed by atoms with Gasteiger partial charge in [-0.25, -0.2) is 5.01 Å². The Labute approximate surface area is 163 Å². The zero-order valence-corrected chi connectivity index (χ0v) is 15.4. The lowest BCUT2D eigenvalue weighted by Crippen LogP contribution is -2.33. The number of hydrogen-bond acceptors (Lipinski definition) is 4. The molecule has 3 nitrogen and oxygen atoms in total. The highest BCUT2D eigenvalue weighted by atomic mass is 32.1. The van der Waals surface area contributed by atoms with Crippen molar-refractivity contribution in [3.8, 4) is 5.75 Å². The summed E-state index contributed by atoms with van der Waals surface area (Å²) in [5.74, 6) is 0.689. The van der Waals surface area contributed by atoms with Crippen LogP contribution in [0.5, 0.6) is 5.75 Å². The molecule has 2 aromatic carbocycles. The van der Waals surface area contributed by atoms with Crippen LogP contribution < -0.4 is 4.74 Å². The number of nitrogens with zero attached hydrogens (tertiary/aromatic N) is 2. The molecule has 0 amide bonds. The Balaban J connectivity index is 1.60. The molecular formula is C21H15F3N2OS. The monoisotopic (exact) mass is 400 g/mol. The van der Waals surface area contributed by atoms with Crippen molar-refractivity contribution in [3.63, 3.8) is 0 Å². The molecule has 0 unspecified atom stereocenters. The smallest absolute Gasteiger partial charge is 0.416 e. The van der Waals surface area contributed by atoms with Gasteiger partial charge < -0.3 is 4.74 Å². The number of alkyl halides is 3. The molecule has 0 fully saturated rings. The van der Waals surface area contributed by atoms with Crippen molar-refractivity contribution in [1.29, 1.82) is 0 Å². The summed E-state index contributed by atoms with van der Waals surface area (Å²) in [7, 11) is 0. The third kappa shape index (κ3) is 2.86. The molecule has 2 aliphatic heterocycles. The number of hydrazone groups is 1. The lowest BCUT2D eigenvalue weighted by molar-refractivity contribution is -0.137. The van der Waals surface area contributed by atoms with E-state index in [-0.39, 0.29) is 6.04 Å². The van der Waals surface area contributed by atoms with Crippen LogP contribution in [0.25, 0.3) is 0 Å². The summed E-state index contributed by atoms with van der Waals surface area (Å²) in [6.45, 7) is 0. The first-order valence-electron chi connectivity index (χ1n) is 8.83. The molecule has 5 rings (SSSR count). The molecule has 0 saturated heterocycles. The van der Waals surface area contributed by atoms with E-state index in [0.717, 1.165) is 28.3 Å². The minimum Gasteiger partial charge on any atom is -0.464 e. The number of para-hydroxylation sites is 1. The summed E-state index contributed by atoms with van der Waals surface area (Å²) in [4.78, 5) is 1.06. The molecule has 142 valence electrons. The lowest BCUT2D eigenvalue weighted by Gasteiger charge is -2.38. The molecule has 3 aromatic rings. The Morgan fingerprint density at radius 2 is 1.89 bits per heavy atom. The van der Waals surface area contributed by atoms with Crippen molar-refractivity contribution in [3.05, 3.63) is 87.6 Å². The van der Waals surface area contributed by atoms with E-state index in [1.807, 2.05) is 41.8 Å². The van der Waals surface area contributed by atoms with E-state index in [0.29, 0.717) is 17.7 Å². The number of halogens is 3. The molecule has 0 radical (unpaired) electrons. The van der Waals surface area contributed by atoms with Gasteiger partial charge >= 0.3 is 6.18 Å². The maximum Gasteiger partial charge on any atom is 0.416 e.